The summed E-state index contributed by atoms with van der Waals surface area (Å²) >= 11 is 0. The molecule has 0 radical (unpaired) electrons. The van der Waals surface area contributed by atoms with Gasteiger partial charge in [-0.15, -0.1) is 0 Å². The molecule has 0 aliphatic heterocycles. The van der Waals surface area contributed by atoms with Gasteiger partial charge in [-0.3, -0.25) is 4.79 Å². The number of ketones is 1. The van der Waals surface area contributed by atoms with Crippen molar-refractivity contribution < 1.29 is 9.90 Å². The van der Waals surface area contributed by atoms with Gasteiger partial charge in [-0.25, -0.2) is 0 Å². The van der Waals surface area contributed by atoms with Crippen molar-refractivity contribution in [2.75, 3.05) is 0 Å². The standard InChI is InChI=1S/C8H17NO2/c1-4-5-8(11,6(2)9)7(3)10/h6,11H,4-5,9H2,1-3H3. The number of carbonyl (C=O) groups is 1. The van der Waals surface area contributed by atoms with Crippen molar-refractivity contribution in [3.05, 3.63) is 0 Å². The third-order valence-electron chi connectivity index (χ3n) is 1.99. The quantitative estimate of drug-likeness (QED) is 0.626. The molecule has 0 aromatic rings. The molecule has 0 bridgehead atoms. The second-order valence-corrected chi connectivity index (χ2v) is 3.02. The molecule has 0 amide bonds. The summed E-state index contributed by atoms with van der Waals surface area (Å²) in [5.74, 6) is -0.241. The van der Waals surface area contributed by atoms with E-state index < -0.39 is 11.6 Å². The lowest BCUT2D eigenvalue weighted by Gasteiger charge is -2.28. The van der Waals surface area contributed by atoms with Crippen molar-refractivity contribution in [1.82, 2.24) is 0 Å². The van der Waals surface area contributed by atoms with Gasteiger partial charge in [0, 0.05) is 6.04 Å². The van der Waals surface area contributed by atoms with Gasteiger partial charge in [0.25, 0.3) is 0 Å². The fourth-order valence-corrected chi connectivity index (χ4v) is 1.11. The maximum absolute atomic E-state index is 11.0. The maximum atomic E-state index is 11.0. The SMILES string of the molecule is CCCC(O)(C(C)=O)C(C)N. The number of carbonyl (C=O) groups excluding carboxylic acids is 1. The first kappa shape index (κ1) is 10.6. The Morgan fingerprint density at radius 2 is 2.18 bits per heavy atom. The lowest BCUT2D eigenvalue weighted by atomic mass is 9.87. The lowest BCUT2D eigenvalue weighted by molar-refractivity contribution is -0.137. The summed E-state index contributed by atoms with van der Waals surface area (Å²) in [5, 5.41) is 9.69. The minimum atomic E-state index is -1.31. The molecule has 2 atom stereocenters. The molecule has 0 aromatic heterocycles. The first-order valence-electron chi connectivity index (χ1n) is 3.94. The van der Waals surface area contributed by atoms with E-state index in [2.05, 4.69) is 0 Å². The first-order chi connectivity index (χ1) is 4.95. The summed E-state index contributed by atoms with van der Waals surface area (Å²) in [7, 11) is 0. The van der Waals surface area contributed by atoms with Crippen LogP contribution >= 0.6 is 0 Å². The van der Waals surface area contributed by atoms with Crippen molar-refractivity contribution in [1.29, 1.82) is 0 Å². The van der Waals surface area contributed by atoms with Crippen LogP contribution in [0.3, 0.4) is 0 Å². The molecule has 11 heavy (non-hydrogen) atoms. The summed E-state index contributed by atoms with van der Waals surface area (Å²) in [6.45, 7) is 4.94. The number of Topliss-reactive ketones (excluding diaryl/α,β-unsaturated/α-hetero) is 1. The average molecular weight is 159 g/mol. The second-order valence-electron chi connectivity index (χ2n) is 3.02. The van der Waals surface area contributed by atoms with Crippen molar-refractivity contribution in [3.8, 4) is 0 Å². The lowest BCUT2D eigenvalue weighted by Crippen LogP contribution is -2.51. The first-order valence-corrected chi connectivity index (χ1v) is 3.94. The number of hydrogen-bond acceptors (Lipinski definition) is 3. The molecule has 2 unspecified atom stereocenters. The van der Waals surface area contributed by atoms with Crippen LogP contribution in [0.2, 0.25) is 0 Å². The van der Waals surface area contributed by atoms with Gasteiger partial charge < -0.3 is 10.8 Å². The molecule has 0 spiro atoms. The highest BCUT2D eigenvalue weighted by Gasteiger charge is 2.35. The van der Waals surface area contributed by atoms with Gasteiger partial charge >= 0.3 is 0 Å². The molecular weight excluding hydrogens is 142 g/mol. The monoisotopic (exact) mass is 159 g/mol. The molecule has 0 saturated heterocycles. The van der Waals surface area contributed by atoms with Gasteiger partial charge in [0.15, 0.2) is 5.78 Å². The van der Waals surface area contributed by atoms with Crippen molar-refractivity contribution in [2.45, 2.75) is 45.3 Å². The molecule has 0 aliphatic rings. The van der Waals surface area contributed by atoms with Crippen molar-refractivity contribution >= 4 is 5.78 Å². The summed E-state index contributed by atoms with van der Waals surface area (Å²) in [6.07, 6.45) is 1.21. The van der Waals surface area contributed by atoms with E-state index in [0.717, 1.165) is 6.42 Å². The molecule has 66 valence electrons. The van der Waals surface area contributed by atoms with Crippen molar-refractivity contribution in [3.63, 3.8) is 0 Å². The number of nitrogens with two attached hydrogens (primary N) is 1. The Morgan fingerprint density at radius 3 is 2.27 bits per heavy atom. The average Bonchev–Trinajstić information content (AvgIpc) is 1.87. The molecule has 0 rings (SSSR count). The Labute approximate surface area is 67.6 Å². The Hall–Kier alpha value is -0.410. The van der Waals surface area contributed by atoms with Crippen LogP contribution in [0.1, 0.15) is 33.6 Å². The Balaban J connectivity index is 4.38. The molecule has 0 aromatic carbocycles. The highest BCUT2D eigenvalue weighted by atomic mass is 16.3. The van der Waals surface area contributed by atoms with Crippen LogP contribution < -0.4 is 5.73 Å². The predicted molar refractivity (Wildman–Crippen MR) is 44.2 cm³/mol. The van der Waals surface area contributed by atoms with E-state index in [1.165, 1.54) is 6.92 Å². The second kappa shape index (κ2) is 3.83. The molecule has 0 aliphatic carbocycles. The summed E-state index contributed by atoms with van der Waals surface area (Å²) in [5.41, 5.74) is 4.18. The normalized spacial score (nSPS) is 19.0. The zero-order chi connectivity index (χ0) is 9.07. The zero-order valence-electron chi connectivity index (χ0n) is 7.42. The molecule has 0 fully saturated rings. The van der Waals surface area contributed by atoms with E-state index in [0.29, 0.717) is 6.42 Å². The van der Waals surface area contributed by atoms with Crippen molar-refractivity contribution in [2.24, 2.45) is 5.73 Å². The van der Waals surface area contributed by atoms with Gasteiger partial charge in [-0.2, -0.15) is 0 Å². The minimum Gasteiger partial charge on any atom is -0.380 e. The van der Waals surface area contributed by atoms with Crippen LogP contribution in [-0.4, -0.2) is 22.5 Å². The van der Waals surface area contributed by atoms with Gasteiger partial charge in [0.1, 0.15) is 5.60 Å². The Kier molecular flexibility index (Phi) is 3.69. The Morgan fingerprint density at radius 1 is 1.73 bits per heavy atom. The number of hydrogen-bond donors (Lipinski definition) is 2. The number of aliphatic hydroxyl groups is 1. The smallest absolute Gasteiger partial charge is 0.162 e. The van der Waals surface area contributed by atoms with Gasteiger partial charge in [0.05, 0.1) is 0 Å². The van der Waals surface area contributed by atoms with E-state index in [-0.39, 0.29) is 5.78 Å². The molecule has 3 N–H and O–H groups in total. The topological polar surface area (TPSA) is 63.3 Å². The highest BCUT2D eigenvalue weighted by Crippen LogP contribution is 2.17. The summed E-state index contributed by atoms with van der Waals surface area (Å²) < 4.78 is 0. The van der Waals surface area contributed by atoms with Crippen LogP contribution in [0.5, 0.6) is 0 Å². The van der Waals surface area contributed by atoms with E-state index in [1.807, 2.05) is 6.92 Å². The van der Waals surface area contributed by atoms with Crippen LogP contribution in [0.4, 0.5) is 0 Å². The number of rotatable bonds is 4. The Bertz CT molecular complexity index is 145. The predicted octanol–water partition coefficient (Wildman–Crippen LogP) is 0.454. The summed E-state index contributed by atoms with van der Waals surface area (Å²) in [6, 6.07) is -0.486. The van der Waals surface area contributed by atoms with Gasteiger partial charge in [0.2, 0.25) is 0 Å². The van der Waals surface area contributed by atoms with Gasteiger partial charge in [-0.1, -0.05) is 13.3 Å². The van der Waals surface area contributed by atoms with Crippen LogP contribution in [0, 0.1) is 0 Å². The van der Waals surface area contributed by atoms with E-state index >= 15 is 0 Å². The molecule has 3 nitrogen and oxygen atoms in total. The maximum Gasteiger partial charge on any atom is 0.162 e. The van der Waals surface area contributed by atoms with E-state index in [1.54, 1.807) is 6.92 Å². The zero-order valence-corrected chi connectivity index (χ0v) is 7.42. The van der Waals surface area contributed by atoms with Gasteiger partial charge in [-0.05, 0) is 20.3 Å². The molecule has 3 heteroatoms. The van der Waals surface area contributed by atoms with Crippen LogP contribution in [0.15, 0.2) is 0 Å². The summed E-state index contributed by atoms with van der Waals surface area (Å²) in [4.78, 5) is 11.0. The highest BCUT2D eigenvalue weighted by molar-refractivity contribution is 5.85. The van der Waals surface area contributed by atoms with E-state index in [9.17, 15) is 9.90 Å². The minimum absolute atomic E-state index is 0.241. The van der Waals surface area contributed by atoms with Crippen LogP contribution in [0.25, 0.3) is 0 Å². The fraction of sp³-hybridized carbons (Fsp3) is 0.875. The molecule has 0 heterocycles. The largest absolute Gasteiger partial charge is 0.380 e. The third-order valence-corrected chi connectivity index (χ3v) is 1.99. The molecule has 0 saturated carbocycles. The van der Waals surface area contributed by atoms with E-state index in [4.69, 9.17) is 5.73 Å². The van der Waals surface area contributed by atoms with Crippen LogP contribution in [-0.2, 0) is 4.79 Å². The fourth-order valence-electron chi connectivity index (χ4n) is 1.11. The third kappa shape index (κ3) is 2.27. The molecular formula is C8H17NO2.